The third kappa shape index (κ3) is 6.01. The maximum atomic E-state index is 14.6. The second-order valence-corrected chi connectivity index (χ2v) is 20.1. The van der Waals surface area contributed by atoms with Gasteiger partial charge in [-0.15, -0.1) is 0 Å². The van der Waals surface area contributed by atoms with E-state index >= 15 is 0 Å². The largest absolute Gasteiger partial charge is 0.479 e. The number of carboxylic acids is 1. The topological polar surface area (TPSA) is 233 Å². The number of aliphatic carboxylic acids is 1. The van der Waals surface area contributed by atoms with Gasteiger partial charge in [-0.1, -0.05) is 60.1 Å². The number of aliphatic hydroxyl groups excluding tert-OH is 7. The van der Waals surface area contributed by atoms with E-state index in [9.17, 15) is 50.4 Å². The third-order valence-corrected chi connectivity index (χ3v) is 17.5. The molecule has 2 heterocycles. The minimum atomic E-state index is -1.79. The average molecular weight is 795 g/mol. The molecule has 7 rings (SSSR count). The highest BCUT2D eigenvalue weighted by atomic mass is 16.7. The Morgan fingerprint density at radius 1 is 0.768 bits per heavy atom. The van der Waals surface area contributed by atoms with E-state index in [-0.39, 0.29) is 34.0 Å². The van der Waals surface area contributed by atoms with E-state index in [0.717, 1.165) is 38.5 Å². The fraction of sp³-hybridized carbons (Fsp3) is 0.905. The van der Waals surface area contributed by atoms with E-state index in [0.29, 0.717) is 31.1 Å². The van der Waals surface area contributed by atoms with Crippen molar-refractivity contribution in [1.29, 1.82) is 0 Å². The number of allylic oxidation sites excluding steroid dienone is 2. The molecule has 2 aliphatic heterocycles. The maximum Gasteiger partial charge on any atom is 0.335 e. The van der Waals surface area contributed by atoms with Gasteiger partial charge in [0.1, 0.15) is 42.7 Å². The van der Waals surface area contributed by atoms with Gasteiger partial charge in [-0.2, -0.15) is 0 Å². The molecule has 0 spiro atoms. The Morgan fingerprint density at radius 2 is 1.43 bits per heavy atom. The Labute approximate surface area is 329 Å². The quantitative estimate of drug-likeness (QED) is 0.110. The van der Waals surface area contributed by atoms with Crippen LogP contribution < -0.4 is 0 Å². The van der Waals surface area contributed by atoms with Gasteiger partial charge in [0, 0.05) is 0 Å². The molecule has 6 fully saturated rings. The average Bonchev–Trinajstić information content (AvgIpc) is 3.14. The summed E-state index contributed by atoms with van der Waals surface area (Å²) in [6.45, 7) is 15.5. The first-order chi connectivity index (χ1) is 26.1. The normalized spacial score (nSPS) is 54.0. The molecular weight excluding hydrogens is 728 g/mol. The summed E-state index contributed by atoms with van der Waals surface area (Å²) in [5.41, 5.74) is -0.417. The predicted octanol–water partition coefficient (Wildman–Crippen LogP) is 2.26. The van der Waals surface area contributed by atoms with Crippen LogP contribution in [0.1, 0.15) is 106 Å². The molecule has 14 heteroatoms. The minimum absolute atomic E-state index is 0.102. The summed E-state index contributed by atoms with van der Waals surface area (Å²) < 4.78 is 23.6. The van der Waals surface area contributed by atoms with Gasteiger partial charge in [0.15, 0.2) is 12.4 Å². The second kappa shape index (κ2) is 14.5. The number of carboxylic acid groups (broad SMARTS) is 1. The van der Waals surface area contributed by atoms with Crippen molar-refractivity contribution in [2.24, 2.45) is 56.7 Å². The summed E-state index contributed by atoms with van der Waals surface area (Å²) in [6.07, 6.45) is -6.88. The van der Waals surface area contributed by atoms with Crippen LogP contribution in [0.5, 0.6) is 0 Å². The lowest BCUT2D eigenvalue weighted by Crippen LogP contribution is -2.66. The van der Waals surface area contributed by atoms with Gasteiger partial charge in [0.05, 0.1) is 18.1 Å². The summed E-state index contributed by atoms with van der Waals surface area (Å²) in [5.74, 6) is -1.00. The van der Waals surface area contributed by atoms with Crippen LogP contribution >= 0.6 is 0 Å². The number of carbonyl (C=O) groups is 2. The molecule has 56 heavy (non-hydrogen) atoms. The molecule has 0 radical (unpaired) electrons. The van der Waals surface area contributed by atoms with Crippen molar-refractivity contribution in [1.82, 2.24) is 0 Å². The first-order valence-electron chi connectivity index (χ1n) is 20.9. The molecule has 0 aromatic carbocycles. The van der Waals surface area contributed by atoms with Crippen LogP contribution in [0, 0.1) is 56.7 Å². The predicted molar refractivity (Wildman–Crippen MR) is 198 cm³/mol. The maximum absolute atomic E-state index is 14.6. The smallest absolute Gasteiger partial charge is 0.335 e. The molecule has 2 saturated heterocycles. The minimum Gasteiger partial charge on any atom is -0.479 e. The van der Waals surface area contributed by atoms with Crippen molar-refractivity contribution < 1.29 is 69.4 Å². The lowest BCUT2D eigenvalue weighted by atomic mass is 9.33. The van der Waals surface area contributed by atoms with E-state index in [1.165, 1.54) is 5.57 Å². The molecule has 4 saturated carbocycles. The van der Waals surface area contributed by atoms with Crippen LogP contribution in [0.4, 0.5) is 0 Å². The van der Waals surface area contributed by atoms with Crippen LogP contribution in [-0.2, 0) is 28.5 Å². The van der Waals surface area contributed by atoms with Gasteiger partial charge < -0.3 is 59.8 Å². The molecule has 8 N–H and O–H groups in total. The van der Waals surface area contributed by atoms with Crippen molar-refractivity contribution in [2.45, 2.75) is 174 Å². The fourth-order valence-electron chi connectivity index (χ4n) is 13.8. The Morgan fingerprint density at radius 3 is 2.09 bits per heavy atom. The molecule has 14 nitrogen and oxygen atoms in total. The SMILES string of the molecule is CC1CCC2(C(=O)OC3OC(CO)C(O)C(O)C3O)CCC3(C)C(=CCC4C5(C)CCC(OC6OC(C(=O)O)C(O)C(O)C6O)C(C)(C)C5CCC43C)C2C1C. The van der Waals surface area contributed by atoms with Gasteiger partial charge >= 0.3 is 11.9 Å². The van der Waals surface area contributed by atoms with Crippen molar-refractivity contribution in [3.63, 3.8) is 0 Å². The van der Waals surface area contributed by atoms with E-state index < -0.39 is 96.9 Å². The van der Waals surface area contributed by atoms with Gasteiger partial charge in [-0.25, -0.2) is 4.79 Å². The fourth-order valence-corrected chi connectivity index (χ4v) is 13.8. The second-order valence-electron chi connectivity index (χ2n) is 20.1. The molecule has 0 amide bonds. The number of aliphatic hydroxyl groups is 7. The number of ether oxygens (including phenoxy) is 4. The summed E-state index contributed by atoms with van der Waals surface area (Å²) in [4.78, 5) is 26.4. The van der Waals surface area contributed by atoms with Crippen LogP contribution in [0.15, 0.2) is 11.6 Å². The molecule has 20 unspecified atom stereocenters. The highest BCUT2D eigenvalue weighted by Crippen LogP contribution is 2.76. The van der Waals surface area contributed by atoms with Gasteiger partial charge in [-0.05, 0) is 109 Å². The number of carbonyl (C=O) groups excluding carboxylic acids is 1. The zero-order valence-corrected chi connectivity index (χ0v) is 33.9. The first kappa shape index (κ1) is 42.4. The Kier molecular flexibility index (Phi) is 11.0. The van der Waals surface area contributed by atoms with Crippen LogP contribution in [0.3, 0.4) is 0 Å². The molecule has 0 aromatic rings. The van der Waals surface area contributed by atoms with Crippen LogP contribution in [-0.4, -0.2) is 127 Å². The van der Waals surface area contributed by atoms with E-state index in [1.54, 1.807) is 0 Å². The monoisotopic (exact) mass is 794 g/mol. The number of fused-ring (bicyclic) bond motifs is 7. The summed E-state index contributed by atoms with van der Waals surface area (Å²) in [6, 6.07) is 0. The Balaban J connectivity index is 1.16. The standard InChI is InChI=1S/C42H66O14/c1-19-10-15-42(37(52)56-35-31(48)28(45)27(44)22(18-43)53-35)17-16-40(6)21(26(42)20(19)2)8-9-24-39(5)13-12-25(38(3,4)23(39)11-14-41(24,40)7)54-36-32(49)29(46)30(47)33(55-36)34(50)51/h8,19-20,22-33,35-36,43-49H,9-18H2,1-7H3,(H,50,51). The molecule has 0 aromatic heterocycles. The Bertz CT molecular complexity index is 1550. The van der Waals surface area contributed by atoms with Gasteiger partial charge in [-0.3, -0.25) is 4.79 Å². The summed E-state index contributed by atoms with van der Waals surface area (Å²) >= 11 is 0. The summed E-state index contributed by atoms with van der Waals surface area (Å²) in [5, 5.41) is 82.5. The van der Waals surface area contributed by atoms with Crippen LogP contribution in [0.2, 0.25) is 0 Å². The van der Waals surface area contributed by atoms with E-state index in [1.807, 2.05) is 0 Å². The van der Waals surface area contributed by atoms with Crippen molar-refractivity contribution in [2.75, 3.05) is 6.61 Å². The molecule has 7 aliphatic rings. The molecule has 5 aliphatic carbocycles. The number of hydrogen-bond donors (Lipinski definition) is 8. The van der Waals surface area contributed by atoms with Gasteiger partial charge in [0.25, 0.3) is 0 Å². The summed E-state index contributed by atoms with van der Waals surface area (Å²) in [7, 11) is 0. The van der Waals surface area contributed by atoms with Crippen molar-refractivity contribution >= 4 is 11.9 Å². The van der Waals surface area contributed by atoms with Crippen molar-refractivity contribution in [3.05, 3.63) is 11.6 Å². The number of hydrogen-bond acceptors (Lipinski definition) is 13. The molecule has 318 valence electrons. The zero-order chi connectivity index (χ0) is 41.1. The zero-order valence-electron chi connectivity index (χ0n) is 33.9. The Hall–Kier alpha value is -1.72. The lowest BCUT2D eigenvalue weighted by molar-refractivity contribution is -0.324. The highest BCUT2D eigenvalue weighted by Gasteiger charge is 2.70. The van der Waals surface area contributed by atoms with Crippen LogP contribution in [0.25, 0.3) is 0 Å². The molecule has 20 atom stereocenters. The highest BCUT2D eigenvalue weighted by molar-refractivity contribution is 5.79. The number of rotatable bonds is 6. The molecule has 0 bridgehead atoms. The van der Waals surface area contributed by atoms with E-state index in [2.05, 4.69) is 54.5 Å². The third-order valence-electron chi connectivity index (χ3n) is 17.5. The van der Waals surface area contributed by atoms with E-state index in [4.69, 9.17) is 18.9 Å². The van der Waals surface area contributed by atoms with Gasteiger partial charge in [0.2, 0.25) is 6.29 Å². The lowest BCUT2D eigenvalue weighted by Gasteiger charge is -2.71. The molecular formula is C42H66O14. The number of esters is 1. The van der Waals surface area contributed by atoms with Crippen molar-refractivity contribution in [3.8, 4) is 0 Å². The first-order valence-corrected chi connectivity index (χ1v) is 20.9.